The average molecular weight is 329 g/mol. The number of benzene rings is 1. The summed E-state index contributed by atoms with van der Waals surface area (Å²) in [4.78, 5) is 6.91. The van der Waals surface area contributed by atoms with Gasteiger partial charge in [-0.1, -0.05) is 25.1 Å². The second-order valence-corrected chi connectivity index (χ2v) is 6.86. The predicted octanol–water partition coefficient (Wildman–Crippen LogP) is 2.23. The van der Waals surface area contributed by atoms with Gasteiger partial charge in [0.2, 0.25) is 0 Å². The fourth-order valence-corrected chi connectivity index (χ4v) is 3.26. The fraction of sp³-hybridized carbons (Fsp3) is 0.526. The summed E-state index contributed by atoms with van der Waals surface area (Å²) in [5.41, 5.74) is 1.64. The molecule has 1 aliphatic rings. The Morgan fingerprint density at radius 3 is 2.79 bits per heavy atom. The van der Waals surface area contributed by atoms with E-state index < -0.39 is 6.10 Å². The van der Waals surface area contributed by atoms with E-state index in [-0.39, 0.29) is 6.61 Å². The van der Waals surface area contributed by atoms with Crippen LogP contribution in [0.4, 0.5) is 5.82 Å². The molecule has 130 valence electrons. The van der Waals surface area contributed by atoms with Crippen LogP contribution in [0, 0.1) is 5.92 Å². The zero-order valence-electron chi connectivity index (χ0n) is 14.3. The van der Waals surface area contributed by atoms with Crippen LogP contribution in [0.2, 0.25) is 0 Å². The Morgan fingerprint density at radius 1 is 1.29 bits per heavy atom. The van der Waals surface area contributed by atoms with Crippen molar-refractivity contribution in [3.8, 4) is 0 Å². The Labute approximate surface area is 143 Å². The molecule has 0 bridgehead atoms. The lowest BCUT2D eigenvalue weighted by atomic mass is 9.99. The number of piperidine rings is 1. The lowest BCUT2D eigenvalue weighted by molar-refractivity contribution is 0.0989. The van der Waals surface area contributed by atoms with E-state index in [0.717, 1.165) is 35.5 Å². The number of nitrogens with zero attached hydrogens (tertiary/aromatic N) is 2. The second kappa shape index (κ2) is 7.92. The van der Waals surface area contributed by atoms with E-state index >= 15 is 0 Å². The minimum Gasteiger partial charge on any atom is -0.392 e. The van der Waals surface area contributed by atoms with Gasteiger partial charge in [0.15, 0.2) is 0 Å². The van der Waals surface area contributed by atoms with E-state index in [9.17, 15) is 10.2 Å². The summed E-state index contributed by atoms with van der Waals surface area (Å²) in [6.45, 7) is 5.46. The number of nitrogens with one attached hydrogen (secondary N) is 1. The Morgan fingerprint density at radius 2 is 2.04 bits per heavy atom. The third-order valence-corrected chi connectivity index (χ3v) is 4.82. The highest BCUT2D eigenvalue weighted by atomic mass is 16.3. The van der Waals surface area contributed by atoms with Gasteiger partial charge in [0, 0.05) is 24.0 Å². The monoisotopic (exact) mass is 329 g/mol. The van der Waals surface area contributed by atoms with Gasteiger partial charge < -0.3 is 20.4 Å². The molecule has 0 amide bonds. The first-order valence-corrected chi connectivity index (χ1v) is 8.79. The lowest BCUT2D eigenvalue weighted by Crippen LogP contribution is -2.40. The maximum absolute atomic E-state index is 10.3. The molecule has 24 heavy (non-hydrogen) atoms. The van der Waals surface area contributed by atoms with E-state index in [1.165, 1.54) is 12.8 Å². The number of aliphatic hydroxyl groups is 2. The first kappa shape index (κ1) is 17.1. The largest absolute Gasteiger partial charge is 0.392 e. The van der Waals surface area contributed by atoms with Crippen LogP contribution in [0.15, 0.2) is 30.3 Å². The molecule has 0 radical (unpaired) electrons. The maximum Gasteiger partial charge on any atom is 0.132 e. The standard InChI is InChI=1S/C19H27N3O2/c1-14-6-8-22(9-7-14)12-17(24)11-20-19-16(13-23)10-15-4-2-3-5-18(15)21-19/h2-5,10,14,17,23-24H,6-9,11-13H2,1H3,(H,20,21). The van der Waals surface area contributed by atoms with Gasteiger partial charge in [-0.15, -0.1) is 0 Å². The molecule has 1 atom stereocenters. The molecule has 3 rings (SSSR count). The number of para-hydroxylation sites is 1. The molecule has 5 heteroatoms. The van der Waals surface area contributed by atoms with Crippen LogP contribution in [0.1, 0.15) is 25.3 Å². The summed E-state index contributed by atoms with van der Waals surface area (Å²) in [7, 11) is 0. The Bertz CT molecular complexity index is 669. The van der Waals surface area contributed by atoms with Gasteiger partial charge in [0.25, 0.3) is 0 Å². The van der Waals surface area contributed by atoms with Crippen molar-refractivity contribution >= 4 is 16.7 Å². The summed E-state index contributed by atoms with van der Waals surface area (Å²) in [6, 6.07) is 9.79. The Balaban J connectivity index is 1.60. The lowest BCUT2D eigenvalue weighted by Gasteiger charge is -2.31. The first-order valence-electron chi connectivity index (χ1n) is 8.79. The van der Waals surface area contributed by atoms with E-state index in [1.54, 1.807) is 0 Å². The van der Waals surface area contributed by atoms with Crippen molar-refractivity contribution < 1.29 is 10.2 Å². The zero-order valence-corrected chi connectivity index (χ0v) is 14.3. The number of aliphatic hydroxyl groups excluding tert-OH is 2. The van der Waals surface area contributed by atoms with Crippen LogP contribution in [-0.4, -0.2) is 52.4 Å². The number of anilines is 1. The smallest absolute Gasteiger partial charge is 0.132 e. The predicted molar refractivity (Wildman–Crippen MR) is 97.0 cm³/mol. The van der Waals surface area contributed by atoms with Crippen molar-refractivity contribution in [1.82, 2.24) is 9.88 Å². The van der Waals surface area contributed by atoms with Gasteiger partial charge in [-0.3, -0.25) is 0 Å². The SMILES string of the molecule is CC1CCN(CC(O)CNc2nc3ccccc3cc2CO)CC1. The minimum atomic E-state index is -0.446. The van der Waals surface area contributed by atoms with Crippen molar-refractivity contribution in [3.63, 3.8) is 0 Å². The zero-order chi connectivity index (χ0) is 16.9. The highest BCUT2D eigenvalue weighted by molar-refractivity contribution is 5.81. The fourth-order valence-electron chi connectivity index (χ4n) is 3.26. The number of likely N-dealkylation sites (tertiary alicyclic amines) is 1. The normalized spacial score (nSPS) is 18.0. The molecule has 1 aromatic carbocycles. The Kier molecular flexibility index (Phi) is 5.66. The summed E-state index contributed by atoms with van der Waals surface area (Å²) >= 11 is 0. The first-order chi connectivity index (χ1) is 11.7. The van der Waals surface area contributed by atoms with E-state index in [2.05, 4.69) is 22.1 Å². The quantitative estimate of drug-likeness (QED) is 0.758. The van der Waals surface area contributed by atoms with Crippen LogP contribution >= 0.6 is 0 Å². The van der Waals surface area contributed by atoms with E-state index in [4.69, 9.17) is 0 Å². The van der Waals surface area contributed by atoms with Crippen molar-refractivity contribution in [3.05, 3.63) is 35.9 Å². The minimum absolute atomic E-state index is 0.0692. The third-order valence-electron chi connectivity index (χ3n) is 4.82. The molecule has 0 saturated carbocycles. The maximum atomic E-state index is 10.3. The number of aromatic nitrogens is 1. The van der Waals surface area contributed by atoms with Crippen LogP contribution in [-0.2, 0) is 6.61 Å². The summed E-state index contributed by atoms with van der Waals surface area (Å²) < 4.78 is 0. The molecule has 3 N–H and O–H groups in total. The van der Waals surface area contributed by atoms with Gasteiger partial charge in [-0.25, -0.2) is 4.98 Å². The van der Waals surface area contributed by atoms with E-state index in [0.29, 0.717) is 18.9 Å². The van der Waals surface area contributed by atoms with Crippen LogP contribution < -0.4 is 5.32 Å². The molecule has 1 fully saturated rings. The molecular formula is C19H27N3O2. The number of hydrogen-bond acceptors (Lipinski definition) is 5. The van der Waals surface area contributed by atoms with Crippen molar-refractivity contribution in [2.75, 3.05) is 31.5 Å². The molecule has 1 saturated heterocycles. The van der Waals surface area contributed by atoms with Crippen molar-refractivity contribution in [1.29, 1.82) is 0 Å². The van der Waals surface area contributed by atoms with E-state index in [1.807, 2.05) is 30.3 Å². The highest BCUT2D eigenvalue weighted by Crippen LogP contribution is 2.21. The topological polar surface area (TPSA) is 68.6 Å². The number of rotatable bonds is 6. The molecule has 0 spiro atoms. The van der Waals surface area contributed by atoms with Gasteiger partial charge in [0.1, 0.15) is 5.82 Å². The number of fused-ring (bicyclic) bond motifs is 1. The van der Waals surface area contributed by atoms with Gasteiger partial charge >= 0.3 is 0 Å². The molecule has 1 aliphatic heterocycles. The Hall–Kier alpha value is -1.69. The summed E-state index contributed by atoms with van der Waals surface area (Å²) in [6.07, 6.45) is 1.97. The number of pyridine rings is 1. The van der Waals surface area contributed by atoms with Crippen LogP contribution in [0.5, 0.6) is 0 Å². The molecule has 1 unspecified atom stereocenters. The third kappa shape index (κ3) is 4.23. The van der Waals surface area contributed by atoms with Crippen molar-refractivity contribution in [2.24, 2.45) is 5.92 Å². The van der Waals surface area contributed by atoms with Gasteiger partial charge in [-0.05, 0) is 44.0 Å². The molecule has 2 heterocycles. The average Bonchev–Trinajstić information content (AvgIpc) is 2.61. The molecule has 2 aromatic rings. The second-order valence-electron chi connectivity index (χ2n) is 6.86. The summed E-state index contributed by atoms with van der Waals surface area (Å²) in [5, 5.41) is 24.1. The van der Waals surface area contributed by atoms with Gasteiger partial charge in [0.05, 0.1) is 18.2 Å². The highest BCUT2D eigenvalue weighted by Gasteiger charge is 2.18. The molecule has 5 nitrogen and oxygen atoms in total. The number of β-amino-alcohol motifs (C(OH)–C–C–N with tert-alkyl or cyclic N) is 1. The molecular weight excluding hydrogens is 302 g/mol. The summed E-state index contributed by atoms with van der Waals surface area (Å²) in [5.74, 6) is 1.45. The van der Waals surface area contributed by atoms with Crippen molar-refractivity contribution in [2.45, 2.75) is 32.5 Å². The number of hydrogen-bond donors (Lipinski definition) is 3. The van der Waals surface area contributed by atoms with Gasteiger partial charge in [-0.2, -0.15) is 0 Å². The van der Waals surface area contributed by atoms with Crippen LogP contribution in [0.25, 0.3) is 10.9 Å². The molecule has 0 aliphatic carbocycles. The molecule has 1 aromatic heterocycles. The van der Waals surface area contributed by atoms with Crippen LogP contribution in [0.3, 0.4) is 0 Å².